The third kappa shape index (κ3) is 3.43. The highest BCUT2D eigenvalue weighted by atomic mass is 16.2. The van der Waals surface area contributed by atoms with E-state index < -0.39 is 0 Å². The van der Waals surface area contributed by atoms with Crippen molar-refractivity contribution in [3.8, 4) is 6.07 Å². The van der Waals surface area contributed by atoms with Crippen LogP contribution in [0.15, 0.2) is 24.3 Å². The van der Waals surface area contributed by atoms with Gasteiger partial charge in [-0.25, -0.2) is 0 Å². The van der Waals surface area contributed by atoms with Gasteiger partial charge in [0.1, 0.15) is 0 Å². The predicted octanol–water partition coefficient (Wildman–Crippen LogP) is 2.31. The highest BCUT2D eigenvalue weighted by molar-refractivity contribution is 5.95. The van der Waals surface area contributed by atoms with Crippen LogP contribution in [0.25, 0.3) is 0 Å². The Labute approximate surface area is 127 Å². The number of nitriles is 1. The molecule has 1 fully saturated rings. The largest absolute Gasteiger partial charge is 0.336 e. The molecule has 1 unspecified atom stereocenters. The van der Waals surface area contributed by atoms with Crippen molar-refractivity contribution in [2.24, 2.45) is 0 Å². The zero-order valence-electron chi connectivity index (χ0n) is 12.9. The van der Waals surface area contributed by atoms with E-state index in [1.807, 2.05) is 36.1 Å². The summed E-state index contributed by atoms with van der Waals surface area (Å²) in [6.45, 7) is 7.08. The predicted molar refractivity (Wildman–Crippen MR) is 83.0 cm³/mol. The van der Waals surface area contributed by atoms with Gasteiger partial charge in [-0.1, -0.05) is 32.0 Å². The number of carbonyl (C=O) groups is 1. The molecule has 1 aromatic rings. The number of piperazine rings is 1. The summed E-state index contributed by atoms with van der Waals surface area (Å²) >= 11 is 0. The molecule has 1 aromatic carbocycles. The third-order valence-corrected chi connectivity index (χ3v) is 4.21. The first-order valence-corrected chi connectivity index (χ1v) is 7.72. The van der Waals surface area contributed by atoms with Gasteiger partial charge < -0.3 is 4.90 Å². The standard InChI is InChI=1S/C17H23N3O/c1-3-14-7-5-6-8-16(14)17(21)20-11-9-19(10-12-20)15(4-2)13-18/h5-8,15H,3-4,9-12H2,1-2H3. The van der Waals surface area contributed by atoms with Crippen LogP contribution in [0.4, 0.5) is 0 Å². The second kappa shape index (κ2) is 7.24. The van der Waals surface area contributed by atoms with Crippen LogP contribution in [-0.4, -0.2) is 47.9 Å². The summed E-state index contributed by atoms with van der Waals surface area (Å²) in [7, 11) is 0. The summed E-state index contributed by atoms with van der Waals surface area (Å²) in [4.78, 5) is 16.7. The van der Waals surface area contributed by atoms with Crippen molar-refractivity contribution in [1.29, 1.82) is 5.26 Å². The van der Waals surface area contributed by atoms with E-state index in [0.717, 1.165) is 37.1 Å². The fourth-order valence-corrected chi connectivity index (χ4v) is 2.88. The molecule has 4 heteroatoms. The fraction of sp³-hybridized carbons (Fsp3) is 0.529. The first-order valence-electron chi connectivity index (χ1n) is 7.72. The maximum atomic E-state index is 12.6. The van der Waals surface area contributed by atoms with Crippen LogP contribution in [0.1, 0.15) is 36.2 Å². The van der Waals surface area contributed by atoms with E-state index >= 15 is 0 Å². The van der Waals surface area contributed by atoms with Gasteiger partial charge in [-0.15, -0.1) is 0 Å². The molecule has 1 heterocycles. The molecule has 112 valence electrons. The molecule has 0 spiro atoms. The molecule has 0 saturated carbocycles. The SMILES string of the molecule is CCc1ccccc1C(=O)N1CCN(C(C#N)CC)CC1. The van der Waals surface area contributed by atoms with E-state index in [0.29, 0.717) is 13.1 Å². The fourth-order valence-electron chi connectivity index (χ4n) is 2.88. The Morgan fingerprint density at radius 3 is 2.48 bits per heavy atom. The summed E-state index contributed by atoms with van der Waals surface area (Å²) in [5.41, 5.74) is 1.93. The monoisotopic (exact) mass is 285 g/mol. The highest BCUT2D eigenvalue weighted by Gasteiger charge is 2.26. The summed E-state index contributed by atoms with van der Waals surface area (Å²) in [6.07, 6.45) is 1.71. The van der Waals surface area contributed by atoms with Gasteiger partial charge in [0.25, 0.3) is 5.91 Å². The number of nitrogens with zero attached hydrogens (tertiary/aromatic N) is 3. The maximum absolute atomic E-state index is 12.6. The van der Waals surface area contributed by atoms with Crippen molar-refractivity contribution in [2.75, 3.05) is 26.2 Å². The lowest BCUT2D eigenvalue weighted by Gasteiger charge is -2.36. The van der Waals surface area contributed by atoms with Crippen LogP contribution in [-0.2, 0) is 6.42 Å². The molecular weight excluding hydrogens is 262 g/mol. The quantitative estimate of drug-likeness (QED) is 0.853. The van der Waals surface area contributed by atoms with Crippen LogP contribution in [0, 0.1) is 11.3 Å². The number of rotatable bonds is 4. The van der Waals surface area contributed by atoms with E-state index in [4.69, 9.17) is 5.26 Å². The molecule has 4 nitrogen and oxygen atoms in total. The minimum atomic E-state index is -0.0230. The van der Waals surface area contributed by atoms with Gasteiger partial charge in [0, 0.05) is 31.7 Å². The zero-order chi connectivity index (χ0) is 15.2. The summed E-state index contributed by atoms with van der Waals surface area (Å²) < 4.78 is 0. The van der Waals surface area contributed by atoms with Gasteiger partial charge in [0.15, 0.2) is 0 Å². The topological polar surface area (TPSA) is 47.3 Å². The number of amides is 1. The van der Waals surface area contributed by atoms with Gasteiger partial charge in [-0.3, -0.25) is 9.69 Å². The zero-order valence-corrected chi connectivity index (χ0v) is 12.9. The first-order chi connectivity index (χ1) is 10.2. The Kier molecular flexibility index (Phi) is 5.35. The van der Waals surface area contributed by atoms with Gasteiger partial charge >= 0.3 is 0 Å². The highest BCUT2D eigenvalue weighted by Crippen LogP contribution is 2.15. The van der Waals surface area contributed by atoms with Gasteiger partial charge in [-0.05, 0) is 24.5 Å². The number of hydrogen-bond acceptors (Lipinski definition) is 3. The third-order valence-electron chi connectivity index (χ3n) is 4.21. The number of benzene rings is 1. The molecule has 1 aliphatic heterocycles. The molecule has 0 bridgehead atoms. The number of hydrogen-bond donors (Lipinski definition) is 0. The first kappa shape index (κ1) is 15.5. The Hall–Kier alpha value is -1.86. The molecule has 1 atom stereocenters. The van der Waals surface area contributed by atoms with Crippen LogP contribution in [0.2, 0.25) is 0 Å². The van der Waals surface area contributed by atoms with Crippen molar-refractivity contribution in [3.05, 3.63) is 35.4 Å². The van der Waals surface area contributed by atoms with E-state index in [2.05, 4.69) is 17.9 Å². The number of aryl methyl sites for hydroxylation is 1. The Morgan fingerprint density at radius 2 is 1.90 bits per heavy atom. The lowest BCUT2D eigenvalue weighted by atomic mass is 10.0. The van der Waals surface area contributed by atoms with E-state index in [1.165, 1.54) is 0 Å². The van der Waals surface area contributed by atoms with E-state index in [1.54, 1.807) is 0 Å². The molecule has 0 N–H and O–H groups in total. The second-order valence-electron chi connectivity index (χ2n) is 5.39. The molecule has 0 radical (unpaired) electrons. The molecule has 2 rings (SSSR count). The Bertz CT molecular complexity index is 527. The normalized spacial score (nSPS) is 17.3. The minimum Gasteiger partial charge on any atom is -0.336 e. The van der Waals surface area contributed by atoms with Crippen molar-refractivity contribution < 1.29 is 4.79 Å². The Balaban J connectivity index is 2.02. The van der Waals surface area contributed by atoms with Gasteiger partial charge in [-0.2, -0.15) is 5.26 Å². The summed E-state index contributed by atoms with van der Waals surface area (Å²) in [5, 5.41) is 9.13. The smallest absolute Gasteiger partial charge is 0.254 e. The average molecular weight is 285 g/mol. The van der Waals surface area contributed by atoms with Crippen molar-refractivity contribution in [1.82, 2.24) is 9.80 Å². The Morgan fingerprint density at radius 1 is 1.24 bits per heavy atom. The van der Waals surface area contributed by atoms with Crippen molar-refractivity contribution >= 4 is 5.91 Å². The van der Waals surface area contributed by atoms with Gasteiger partial charge in [0.05, 0.1) is 12.1 Å². The molecule has 1 aliphatic rings. The molecule has 1 amide bonds. The van der Waals surface area contributed by atoms with E-state index in [-0.39, 0.29) is 11.9 Å². The molecule has 0 aliphatic carbocycles. The second-order valence-corrected chi connectivity index (χ2v) is 5.39. The lowest BCUT2D eigenvalue weighted by Crippen LogP contribution is -2.51. The number of carbonyl (C=O) groups excluding carboxylic acids is 1. The molecule has 21 heavy (non-hydrogen) atoms. The summed E-state index contributed by atoms with van der Waals surface area (Å²) in [5.74, 6) is 0.122. The molecular formula is C17H23N3O. The van der Waals surface area contributed by atoms with Crippen molar-refractivity contribution in [2.45, 2.75) is 32.7 Å². The molecule has 1 saturated heterocycles. The van der Waals surface area contributed by atoms with Crippen LogP contribution < -0.4 is 0 Å². The van der Waals surface area contributed by atoms with E-state index in [9.17, 15) is 4.79 Å². The maximum Gasteiger partial charge on any atom is 0.254 e. The molecule has 0 aromatic heterocycles. The van der Waals surface area contributed by atoms with Crippen LogP contribution in [0.5, 0.6) is 0 Å². The lowest BCUT2D eigenvalue weighted by molar-refractivity contribution is 0.0603. The van der Waals surface area contributed by atoms with Crippen LogP contribution in [0.3, 0.4) is 0 Å². The van der Waals surface area contributed by atoms with Crippen molar-refractivity contribution in [3.63, 3.8) is 0 Å². The average Bonchev–Trinajstić information content (AvgIpc) is 2.56. The van der Waals surface area contributed by atoms with Crippen LogP contribution >= 0.6 is 0 Å². The minimum absolute atomic E-state index is 0.0230. The summed E-state index contributed by atoms with van der Waals surface area (Å²) in [6, 6.07) is 10.1. The van der Waals surface area contributed by atoms with Gasteiger partial charge in [0.2, 0.25) is 0 Å².